The minimum Gasteiger partial charge on any atom is -0.393 e. The van der Waals surface area contributed by atoms with Gasteiger partial charge >= 0.3 is 0 Å². The molecule has 164 valence electrons. The molecule has 1 nitrogen and oxygen atoms in total. The average Bonchev–Trinajstić information content (AvgIpc) is 3.03. The molecule has 2 unspecified atom stereocenters. The Bertz CT molecular complexity index is 659. The second-order valence-electron chi connectivity index (χ2n) is 12.2. The summed E-state index contributed by atoms with van der Waals surface area (Å²) in [5.41, 5.74) is 4.26. The molecular formula is C28H46O. The van der Waals surface area contributed by atoms with E-state index in [1.807, 2.05) is 5.57 Å². The van der Waals surface area contributed by atoms with Crippen molar-refractivity contribution in [2.75, 3.05) is 0 Å². The SMILES string of the molecule is C=C(CCC(C)[C@H]1CC[C@H]2C3=CCC4C[C@@H](O)CC[C@]4(C)[C@H]3CC[C@]12C)C(C)C. The standard InChI is InChI=1S/C28H46O/c1-18(2)19(3)7-8-20(4)24-11-12-25-23-10-9-21-17-22(29)13-15-27(21,5)26(23)14-16-28(24,25)6/h10,18,20-22,24-26,29H,3,7-9,11-17H2,1-2,4-6H3/t20?,21?,22-,24+,25-,26-,27-,28+/m0/s1. The molecule has 1 heteroatoms. The normalized spacial score (nSPS) is 45.2. The number of aliphatic hydroxyl groups excluding tert-OH is 1. The van der Waals surface area contributed by atoms with Crippen molar-refractivity contribution in [2.24, 2.45) is 46.3 Å². The summed E-state index contributed by atoms with van der Waals surface area (Å²) in [6.07, 6.45) is 15.3. The molecule has 3 fully saturated rings. The van der Waals surface area contributed by atoms with Crippen LogP contribution in [0, 0.1) is 46.3 Å². The van der Waals surface area contributed by atoms with Crippen LogP contribution in [0.3, 0.4) is 0 Å². The molecule has 4 aliphatic carbocycles. The molecule has 0 aromatic carbocycles. The van der Waals surface area contributed by atoms with Gasteiger partial charge in [0.2, 0.25) is 0 Å². The Morgan fingerprint density at radius 2 is 1.76 bits per heavy atom. The number of aliphatic hydroxyl groups is 1. The topological polar surface area (TPSA) is 20.2 Å². The van der Waals surface area contributed by atoms with E-state index >= 15 is 0 Å². The van der Waals surface area contributed by atoms with Crippen molar-refractivity contribution >= 4 is 0 Å². The lowest BCUT2D eigenvalue weighted by Gasteiger charge is -2.57. The molecular weight excluding hydrogens is 352 g/mol. The predicted molar refractivity (Wildman–Crippen MR) is 124 cm³/mol. The van der Waals surface area contributed by atoms with Crippen LogP contribution in [0.15, 0.2) is 23.8 Å². The van der Waals surface area contributed by atoms with Crippen LogP contribution in [-0.4, -0.2) is 11.2 Å². The number of rotatable bonds is 5. The Balaban J connectivity index is 1.50. The predicted octanol–water partition coefficient (Wildman–Crippen LogP) is 7.55. The van der Waals surface area contributed by atoms with Crippen LogP contribution in [0.4, 0.5) is 0 Å². The van der Waals surface area contributed by atoms with Gasteiger partial charge in [-0.15, -0.1) is 0 Å². The molecule has 4 rings (SSSR count). The molecule has 29 heavy (non-hydrogen) atoms. The van der Waals surface area contributed by atoms with Crippen LogP contribution in [0.2, 0.25) is 0 Å². The molecule has 3 saturated carbocycles. The quantitative estimate of drug-likeness (QED) is 0.474. The summed E-state index contributed by atoms with van der Waals surface area (Å²) in [4.78, 5) is 0. The van der Waals surface area contributed by atoms with Crippen LogP contribution < -0.4 is 0 Å². The fourth-order valence-electron chi connectivity index (χ4n) is 8.37. The highest BCUT2D eigenvalue weighted by Crippen LogP contribution is 2.66. The zero-order valence-electron chi connectivity index (χ0n) is 19.8. The van der Waals surface area contributed by atoms with Gasteiger partial charge in [-0.05, 0) is 111 Å². The summed E-state index contributed by atoms with van der Waals surface area (Å²) in [5.74, 6) is 4.65. The largest absolute Gasteiger partial charge is 0.393 e. The molecule has 0 aliphatic heterocycles. The lowest BCUT2D eigenvalue weighted by atomic mass is 9.47. The van der Waals surface area contributed by atoms with Gasteiger partial charge in [-0.3, -0.25) is 0 Å². The highest BCUT2D eigenvalue weighted by molar-refractivity contribution is 5.27. The van der Waals surface area contributed by atoms with Crippen molar-refractivity contribution in [3.63, 3.8) is 0 Å². The Morgan fingerprint density at radius 1 is 1.07 bits per heavy atom. The van der Waals surface area contributed by atoms with Crippen molar-refractivity contribution in [1.82, 2.24) is 0 Å². The molecule has 1 N–H and O–H groups in total. The Hall–Kier alpha value is -0.560. The van der Waals surface area contributed by atoms with Crippen LogP contribution in [0.1, 0.15) is 98.8 Å². The summed E-state index contributed by atoms with van der Waals surface area (Å²) in [5, 5.41) is 10.2. The third kappa shape index (κ3) is 3.58. The van der Waals surface area contributed by atoms with E-state index in [2.05, 4.69) is 47.3 Å². The molecule has 0 saturated heterocycles. The van der Waals surface area contributed by atoms with Crippen molar-refractivity contribution in [1.29, 1.82) is 0 Å². The Morgan fingerprint density at radius 3 is 2.48 bits per heavy atom. The molecule has 0 heterocycles. The van der Waals surface area contributed by atoms with Gasteiger partial charge in [0.15, 0.2) is 0 Å². The molecule has 0 amide bonds. The monoisotopic (exact) mass is 398 g/mol. The van der Waals surface area contributed by atoms with Gasteiger partial charge in [-0.25, -0.2) is 0 Å². The minimum absolute atomic E-state index is 0.0471. The highest BCUT2D eigenvalue weighted by atomic mass is 16.3. The maximum absolute atomic E-state index is 10.2. The van der Waals surface area contributed by atoms with Gasteiger partial charge in [0.1, 0.15) is 0 Å². The zero-order valence-corrected chi connectivity index (χ0v) is 19.8. The lowest BCUT2D eigenvalue weighted by molar-refractivity contribution is -0.0427. The first-order valence-corrected chi connectivity index (χ1v) is 12.7. The van der Waals surface area contributed by atoms with E-state index in [0.717, 1.165) is 36.5 Å². The van der Waals surface area contributed by atoms with Crippen molar-refractivity contribution < 1.29 is 5.11 Å². The summed E-state index contributed by atoms with van der Waals surface area (Å²) in [6, 6.07) is 0. The molecule has 0 spiro atoms. The van der Waals surface area contributed by atoms with E-state index < -0.39 is 0 Å². The molecule has 8 atom stereocenters. The maximum Gasteiger partial charge on any atom is 0.0543 e. The van der Waals surface area contributed by atoms with Crippen molar-refractivity contribution in [3.05, 3.63) is 23.8 Å². The summed E-state index contributed by atoms with van der Waals surface area (Å²) in [7, 11) is 0. The fourth-order valence-corrected chi connectivity index (χ4v) is 8.37. The van der Waals surface area contributed by atoms with Gasteiger partial charge in [0.05, 0.1) is 6.10 Å². The summed E-state index contributed by atoms with van der Waals surface area (Å²) < 4.78 is 0. The van der Waals surface area contributed by atoms with Crippen molar-refractivity contribution in [3.8, 4) is 0 Å². The molecule has 0 radical (unpaired) electrons. The first-order valence-electron chi connectivity index (χ1n) is 12.7. The third-order valence-corrected chi connectivity index (χ3v) is 10.5. The Labute approximate surface area is 180 Å². The molecule has 0 bridgehead atoms. The van der Waals surface area contributed by atoms with Crippen LogP contribution >= 0.6 is 0 Å². The van der Waals surface area contributed by atoms with E-state index in [9.17, 15) is 5.11 Å². The van der Waals surface area contributed by atoms with E-state index in [4.69, 9.17) is 0 Å². The Kier molecular flexibility index (Phi) is 5.86. The smallest absolute Gasteiger partial charge is 0.0543 e. The fraction of sp³-hybridized carbons (Fsp3) is 0.857. The average molecular weight is 399 g/mol. The first kappa shape index (κ1) is 21.7. The number of hydrogen-bond acceptors (Lipinski definition) is 1. The van der Waals surface area contributed by atoms with Gasteiger partial charge in [-0.2, -0.15) is 0 Å². The third-order valence-electron chi connectivity index (χ3n) is 10.5. The van der Waals surface area contributed by atoms with Gasteiger partial charge < -0.3 is 5.11 Å². The molecule has 4 aliphatic rings. The lowest BCUT2D eigenvalue weighted by Crippen LogP contribution is -2.49. The van der Waals surface area contributed by atoms with E-state index in [1.54, 1.807) is 0 Å². The van der Waals surface area contributed by atoms with E-state index in [0.29, 0.717) is 22.7 Å². The number of hydrogen-bond donors (Lipinski definition) is 1. The van der Waals surface area contributed by atoms with Gasteiger partial charge in [0.25, 0.3) is 0 Å². The second-order valence-corrected chi connectivity index (χ2v) is 12.2. The van der Waals surface area contributed by atoms with Crippen molar-refractivity contribution in [2.45, 2.75) is 105 Å². The van der Waals surface area contributed by atoms with E-state index in [-0.39, 0.29) is 6.10 Å². The molecule has 0 aromatic heterocycles. The zero-order chi connectivity index (χ0) is 21.0. The second kappa shape index (κ2) is 7.85. The summed E-state index contributed by atoms with van der Waals surface area (Å²) >= 11 is 0. The van der Waals surface area contributed by atoms with Gasteiger partial charge in [-0.1, -0.05) is 58.4 Å². The van der Waals surface area contributed by atoms with Gasteiger partial charge in [0, 0.05) is 0 Å². The van der Waals surface area contributed by atoms with Crippen LogP contribution in [-0.2, 0) is 0 Å². The maximum atomic E-state index is 10.2. The highest BCUT2D eigenvalue weighted by Gasteiger charge is 2.58. The number of fused-ring (bicyclic) bond motifs is 5. The van der Waals surface area contributed by atoms with Crippen LogP contribution in [0.25, 0.3) is 0 Å². The summed E-state index contributed by atoms with van der Waals surface area (Å²) in [6.45, 7) is 16.7. The molecule has 0 aromatic rings. The minimum atomic E-state index is -0.0471. The van der Waals surface area contributed by atoms with E-state index in [1.165, 1.54) is 56.9 Å². The first-order chi connectivity index (χ1) is 13.7. The number of allylic oxidation sites excluding steroid dienone is 3. The van der Waals surface area contributed by atoms with Crippen LogP contribution in [0.5, 0.6) is 0 Å².